The number of carbonyl (C=O) groups is 1. The molecule has 4 heterocycles. The average Bonchev–Trinajstić information content (AvgIpc) is 3.18. The molecular weight excluding hydrogens is 326 g/mol. The van der Waals surface area contributed by atoms with Crippen molar-refractivity contribution in [3.8, 4) is 0 Å². The molecule has 1 amide bonds. The number of hydrogen-bond acceptors (Lipinski definition) is 4. The molecule has 0 saturated carbocycles. The number of nitrogens with one attached hydrogen (secondary N) is 1. The summed E-state index contributed by atoms with van der Waals surface area (Å²) < 4.78 is 2.13. The van der Waals surface area contributed by atoms with Crippen molar-refractivity contribution in [3.05, 3.63) is 36.7 Å². The minimum atomic E-state index is 0.0249. The summed E-state index contributed by atoms with van der Waals surface area (Å²) in [5.41, 5.74) is 2.81. The van der Waals surface area contributed by atoms with E-state index in [1.54, 1.807) is 6.20 Å². The maximum absolute atomic E-state index is 12.5. The number of anilines is 1. The highest BCUT2D eigenvalue weighted by Crippen LogP contribution is 2.28. The van der Waals surface area contributed by atoms with E-state index >= 15 is 0 Å². The zero-order chi connectivity index (χ0) is 17.9. The topological polar surface area (TPSA) is 62.5 Å². The van der Waals surface area contributed by atoms with E-state index in [2.05, 4.69) is 32.6 Å². The number of pyridine rings is 1. The van der Waals surface area contributed by atoms with E-state index in [1.807, 2.05) is 24.4 Å². The normalized spacial score (nSPS) is 17.7. The van der Waals surface area contributed by atoms with Crippen molar-refractivity contribution < 1.29 is 4.79 Å². The number of hydrogen-bond donors (Lipinski definition) is 1. The molecule has 1 atom stereocenters. The fourth-order valence-corrected chi connectivity index (χ4v) is 3.74. The summed E-state index contributed by atoms with van der Waals surface area (Å²) in [5.74, 6) is 1.12. The Hall–Kier alpha value is -2.63. The number of fused-ring (bicyclic) bond motifs is 3. The van der Waals surface area contributed by atoms with Gasteiger partial charge in [-0.15, -0.1) is 0 Å². The molecule has 6 nitrogen and oxygen atoms in total. The molecule has 1 N–H and O–H groups in total. The Morgan fingerprint density at radius 2 is 2.19 bits per heavy atom. The van der Waals surface area contributed by atoms with E-state index in [0.29, 0.717) is 6.54 Å². The molecule has 1 fully saturated rings. The van der Waals surface area contributed by atoms with Crippen LogP contribution in [0.25, 0.3) is 16.7 Å². The first-order chi connectivity index (χ1) is 12.8. The Kier molecular flexibility index (Phi) is 4.73. The molecule has 0 aliphatic carbocycles. The van der Waals surface area contributed by atoms with Crippen LogP contribution in [-0.4, -0.2) is 39.9 Å². The molecule has 0 radical (unpaired) electrons. The molecular formula is C20H25N5O. The molecule has 1 aliphatic heterocycles. The number of amides is 1. The summed E-state index contributed by atoms with van der Waals surface area (Å²) in [4.78, 5) is 24.0. The lowest BCUT2D eigenvalue weighted by atomic mass is 9.97. The SMILES string of the molecule is CCCCNC(=O)[C@@H]1CCCN(c2nc3ncccc3n3cccc23)C1. The fraction of sp³-hybridized carbons (Fsp3) is 0.450. The lowest BCUT2D eigenvalue weighted by Crippen LogP contribution is -2.43. The van der Waals surface area contributed by atoms with Gasteiger partial charge in [0, 0.05) is 32.0 Å². The molecule has 4 rings (SSSR count). The third kappa shape index (κ3) is 3.11. The van der Waals surface area contributed by atoms with Gasteiger partial charge in [-0.25, -0.2) is 9.97 Å². The van der Waals surface area contributed by atoms with Crippen LogP contribution in [0.3, 0.4) is 0 Å². The smallest absolute Gasteiger partial charge is 0.224 e. The zero-order valence-corrected chi connectivity index (χ0v) is 15.2. The van der Waals surface area contributed by atoms with E-state index in [4.69, 9.17) is 4.98 Å². The second-order valence-corrected chi connectivity index (χ2v) is 6.97. The van der Waals surface area contributed by atoms with Crippen LogP contribution in [0.4, 0.5) is 5.82 Å². The largest absolute Gasteiger partial charge is 0.356 e. The molecule has 1 aliphatic rings. The summed E-state index contributed by atoms with van der Waals surface area (Å²) in [6.07, 6.45) is 7.89. The molecule has 0 spiro atoms. The van der Waals surface area contributed by atoms with Gasteiger partial charge in [-0.1, -0.05) is 13.3 Å². The minimum Gasteiger partial charge on any atom is -0.356 e. The van der Waals surface area contributed by atoms with Gasteiger partial charge < -0.3 is 14.6 Å². The maximum atomic E-state index is 12.5. The van der Waals surface area contributed by atoms with E-state index in [-0.39, 0.29) is 11.8 Å². The van der Waals surface area contributed by atoms with Gasteiger partial charge in [0.2, 0.25) is 5.91 Å². The Balaban J connectivity index is 1.62. The van der Waals surface area contributed by atoms with Gasteiger partial charge in [0.1, 0.15) is 0 Å². The first-order valence-electron chi connectivity index (χ1n) is 9.52. The second kappa shape index (κ2) is 7.32. The van der Waals surface area contributed by atoms with E-state index < -0.39 is 0 Å². The van der Waals surface area contributed by atoms with Crippen molar-refractivity contribution in [1.82, 2.24) is 19.7 Å². The van der Waals surface area contributed by atoms with Gasteiger partial charge in [0.05, 0.1) is 17.0 Å². The van der Waals surface area contributed by atoms with E-state index in [9.17, 15) is 4.79 Å². The van der Waals surface area contributed by atoms with Crippen molar-refractivity contribution in [2.75, 3.05) is 24.5 Å². The third-order valence-corrected chi connectivity index (χ3v) is 5.14. The quantitative estimate of drug-likeness (QED) is 0.718. The van der Waals surface area contributed by atoms with Crippen LogP contribution in [0, 0.1) is 5.92 Å². The Bertz CT molecular complexity index is 919. The van der Waals surface area contributed by atoms with Crippen molar-refractivity contribution in [3.63, 3.8) is 0 Å². The van der Waals surface area contributed by atoms with Gasteiger partial charge in [-0.2, -0.15) is 0 Å². The zero-order valence-electron chi connectivity index (χ0n) is 15.2. The summed E-state index contributed by atoms with van der Waals surface area (Å²) in [6, 6.07) is 8.08. The fourth-order valence-electron chi connectivity index (χ4n) is 3.74. The molecule has 6 heteroatoms. The maximum Gasteiger partial charge on any atom is 0.224 e. The van der Waals surface area contributed by atoms with Crippen LogP contribution in [0.2, 0.25) is 0 Å². The number of carbonyl (C=O) groups excluding carboxylic acids is 1. The third-order valence-electron chi connectivity index (χ3n) is 5.14. The van der Waals surface area contributed by atoms with E-state index in [0.717, 1.165) is 61.3 Å². The predicted molar refractivity (Wildman–Crippen MR) is 103 cm³/mol. The van der Waals surface area contributed by atoms with Crippen LogP contribution in [0.5, 0.6) is 0 Å². The highest BCUT2D eigenvalue weighted by atomic mass is 16.1. The molecule has 0 bridgehead atoms. The molecule has 26 heavy (non-hydrogen) atoms. The Labute approximate surface area is 153 Å². The van der Waals surface area contributed by atoms with Crippen molar-refractivity contribution in [1.29, 1.82) is 0 Å². The standard InChI is InChI=1S/C20H25N5O/c1-2-3-10-22-20(26)15-7-5-12-24(14-15)19-17-9-6-13-25(17)16-8-4-11-21-18(16)23-19/h4,6,8-9,11,13,15H,2-3,5,7,10,12,14H2,1H3,(H,22,26)/t15-/m1/s1. The predicted octanol–water partition coefficient (Wildman–Crippen LogP) is 3.02. The van der Waals surface area contributed by atoms with Crippen molar-refractivity contribution in [2.45, 2.75) is 32.6 Å². The van der Waals surface area contributed by atoms with Gasteiger partial charge in [-0.3, -0.25) is 4.79 Å². The van der Waals surface area contributed by atoms with Crippen LogP contribution in [0.1, 0.15) is 32.6 Å². The number of aromatic nitrogens is 3. The Morgan fingerprint density at radius 1 is 1.31 bits per heavy atom. The molecule has 3 aromatic rings. The second-order valence-electron chi connectivity index (χ2n) is 6.97. The number of rotatable bonds is 5. The van der Waals surface area contributed by atoms with Crippen LogP contribution >= 0.6 is 0 Å². The average molecular weight is 351 g/mol. The summed E-state index contributed by atoms with van der Waals surface area (Å²) in [5, 5.41) is 3.08. The summed E-state index contributed by atoms with van der Waals surface area (Å²) >= 11 is 0. The highest BCUT2D eigenvalue weighted by molar-refractivity contribution is 5.84. The lowest BCUT2D eigenvalue weighted by Gasteiger charge is -2.33. The molecule has 1 saturated heterocycles. The number of unbranched alkanes of at least 4 members (excludes halogenated alkanes) is 1. The molecule has 3 aromatic heterocycles. The first kappa shape index (κ1) is 16.8. The molecule has 136 valence electrons. The summed E-state index contributed by atoms with van der Waals surface area (Å²) in [7, 11) is 0. The number of nitrogens with zero attached hydrogens (tertiary/aromatic N) is 4. The van der Waals surface area contributed by atoms with Gasteiger partial charge >= 0.3 is 0 Å². The minimum absolute atomic E-state index is 0.0249. The van der Waals surface area contributed by atoms with Crippen molar-refractivity contribution >= 4 is 28.4 Å². The monoisotopic (exact) mass is 351 g/mol. The number of piperidine rings is 1. The summed E-state index contributed by atoms with van der Waals surface area (Å²) in [6.45, 7) is 4.54. The van der Waals surface area contributed by atoms with Crippen LogP contribution in [0.15, 0.2) is 36.7 Å². The van der Waals surface area contributed by atoms with Gasteiger partial charge in [0.25, 0.3) is 0 Å². The van der Waals surface area contributed by atoms with Crippen molar-refractivity contribution in [2.24, 2.45) is 5.92 Å². The van der Waals surface area contributed by atoms with E-state index in [1.165, 1.54) is 0 Å². The van der Waals surface area contributed by atoms with Crippen LogP contribution in [-0.2, 0) is 4.79 Å². The van der Waals surface area contributed by atoms with Gasteiger partial charge in [-0.05, 0) is 43.5 Å². The Morgan fingerprint density at radius 3 is 3.08 bits per heavy atom. The van der Waals surface area contributed by atoms with Gasteiger partial charge in [0.15, 0.2) is 11.5 Å². The van der Waals surface area contributed by atoms with Crippen LogP contribution < -0.4 is 10.2 Å². The molecule has 0 aromatic carbocycles. The lowest BCUT2D eigenvalue weighted by molar-refractivity contribution is -0.125. The highest BCUT2D eigenvalue weighted by Gasteiger charge is 2.27. The molecule has 0 unspecified atom stereocenters. The first-order valence-corrected chi connectivity index (χ1v) is 9.52.